The maximum Gasteiger partial charge on any atom is 0.307 e. The minimum atomic E-state index is -0.221. The number of nitrogens with two attached hydrogens (primary N) is 1. The Kier molecular flexibility index (Phi) is 2.99. The Morgan fingerprint density at radius 3 is 3.00 bits per heavy atom. The molecular weight excluding hydrogens is 218 g/mol. The van der Waals surface area contributed by atoms with Gasteiger partial charge in [0.05, 0.1) is 24.6 Å². The van der Waals surface area contributed by atoms with Gasteiger partial charge in [-0.3, -0.25) is 4.79 Å². The molecule has 0 aliphatic carbocycles. The summed E-state index contributed by atoms with van der Waals surface area (Å²) in [6.45, 7) is 2.48. The molecule has 0 spiro atoms. The smallest absolute Gasteiger partial charge is 0.307 e. The molecule has 5 nitrogen and oxygen atoms in total. The fraction of sp³-hybridized carbons (Fsp3) is 0.333. The van der Waals surface area contributed by atoms with Gasteiger partial charge in [0, 0.05) is 12.2 Å². The molecule has 90 valence electrons. The molecule has 1 heterocycles. The Balaban J connectivity index is 2.33. The number of carbonyl (C=O) groups excluding carboxylic acids is 1. The molecule has 0 bridgehead atoms. The zero-order valence-electron chi connectivity index (χ0n) is 9.93. The summed E-state index contributed by atoms with van der Waals surface area (Å²) in [4.78, 5) is 15.5. The van der Waals surface area contributed by atoms with Crippen molar-refractivity contribution in [1.82, 2.24) is 9.55 Å². The van der Waals surface area contributed by atoms with E-state index in [1.807, 2.05) is 29.7 Å². The van der Waals surface area contributed by atoms with E-state index in [0.29, 0.717) is 18.7 Å². The number of benzene rings is 1. The SMILES string of the molecule is COC(=O)CCn1c(C)nc2cc(N)ccc21. The Morgan fingerprint density at radius 2 is 2.29 bits per heavy atom. The second-order valence-electron chi connectivity index (χ2n) is 3.88. The Morgan fingerprint density at radius 1 is 1.53 bits per heavy atom. The topological polar surface area (TPSA) is 70.1 Å². The van der Waals surface area contributed by atoms with Crippen molar-refractivity contribution >= 4 is 22.7 Å². The van der Waals surface area contributed by atoms with Gasteiger partial charge in [-0.1, -0.05) is 0 Å². The molecule has 0 saturated carbocycles. The van der Waals surface area contributed by atoms with Crippen LogP contribution in [0.4, 0.5) is 5.69 Å². The Bertz CT molecular complexity index is 560. The number of anilines is 1. The number of fused-ring (bicyclic) bond motifs is 1. The van der Waals surface area contributed by atoms with E-state index in [2.05, 4.69) is 9.72 Å². The Hall–Kier alpha value is -2.04. The summed E-state index contributed by atoms with van der Waals surface area (Å²) in [5.74, 6) is 0.649. The average Bonchev–Trinajstić information content (AvgIpc) is 2.61. The minimum absolute atomic E-state index is 0.221. The lowest BCUT2D eigenvalue weighted by molar-refractivity contribution is -0.140. The van der Waals surface area contributed by atoms with Gasteiger partial charge in [-0.2, -0.15) is 0 Å². The molecule has 2 N–H and O–H groups in total. The third-order valence-electron chi connectivity index (χ3n) is 2.73. The van der Waals surface area contributed by atoms with Crippen molar-refractivity contribution in [2.24, 2.45) is 0 Å². The van der Waals surface area contributed by atoms with Crippen LogP contribution >= 0.6 is 0 Å². The lowest BCUT2D eigenvalue weighted by atomic mass is 10.3. The maximum atomic E-state index is 11.1. The number of ether oxygens (including phenoxy) is 1. The minimum Gasteiger partial charge on any atom is -0.469 e. The highest BCUT2D eigenvalue weighted by Crippen LogP contribution is 2.19. The van der Waals surface area contributed by atoms with Gasteiger partial charge in [0.15, 0.2) is 0 Å². The second kappa shape index (κ2) is 4.45. The Labute approximate surface area is 99.2 Å². The number of carbonyl (C=O) groups is 1. The fourth-order valence-corrected chi connectivity index (χ4v) is 1.85. The molecule has 5 heteroatoms. The molecule has 2 aromatic rings. The molecule has 0 fully saturated rings. The highest BCUT2D eigenvalue weighted by atomic mass is 16.5. The van der Waals surface area contributed by atoms with Crippen molar-refractivity contribution in [3.63, 3.8) is 0 Å². The highest BCUT2D eigenvalue weighted by Gasteiger charge is 2.09. The van der Waals surface area contributed by atoms with Gasteiger partial charge < -0.3 is 15.0 Å². The number of hydrogen-bond acceptors (Lipinski definition) is 4. The van der Waals surface area contributed by atoms with Crippen LogP contribution in [0, 0.1) is 6.92 Å². The van der Waals surface area contributed by atoms with E-state index < -0.39 is 0 Å². The predicted octanol–water partition coefficient (Wildman–Crippen LogP) is 1.49. The molecular formula is C12H15N3O2. The number of esters is 1. The third-order valence-corrected chi connectivity index (χ3v) is 2.73. The molecule has 0 aliphatic heterocycles. The lowest BCUT2D eigenvalue weighted by Crippen LogP contribution is -2.08. The summed E-state index contributed by atoms with van der Waals surface area (Å²) in [6, 6.07) is 5.58. The van der Waals surface area contributed by atoms with Crippen LogP contribution < -0.4 is 5.73 Å². The summed E-state index contributed by atoms with van der Waals surface area (Å²) in [5, 5.41) is 0. The fourth-order valence-electron chi connectivity index (χ4n) is 1.85. The third kappa shape index (κ3) is 2.22. The van der Waals surface area contributed by atoms with Crippen molar-refractivity contribution < 1.29 is 9.53 Å². The summed E-state index contributed by atoms with van der Waals surface area (Å²) >= 11 is 0. The number of aromatic nitrogens is 2. The molecule has 0 unspecified atom stereocenters. The van der Waals surface area contributed by atoms with Crippen LogP contribution in [-0.2, 0) is 16.1 Å². The van der Waals surface area contributed by atoms with Gasteiger partial charge in [-0.25, -0.2) is 4.98 Å². The van der Waals surface area contributed by atoms with Crippen LogP contribution in [-0.4, -0.2) is 22.6 Å². The van der Waals surface area contributed by atoms with Crippen LogP contribution in [0.25, 0.3) is 11.0 Å². The number of nitrogen functional groups attached to an aromatic ring is 1. The van der Waals surface area contributed by atoms with Crippen molar-refractivity contribution in [1.29, 1.82) is 0 Å². The monoisotopic (exact) mass is 233 g/mol. The van der Waals surface area contributed by atoms with Crippen LogP contribution in [0.5, 0.6) is 0 Å². The van der Waals surface area contributed by atoms with E-state index in [0.717, 1.165) is 16.9 Å². The number of nitrogens with zero attached hydrogens (tertiary/aromatic N) is 2. The summed E-state index contributed by atoms with van der Waals surface area (Å²) in [6.07, 6.45) is 0.340. The van der Waals surface area contributed by atoms with Gasteiger partial charge in [-0.15, -0.1) is 0 Å². The van der Waals surface area contributed by atoms with E-state index in [9.17, 15) is 4.79 Å². The first kappa shape index (κ1) is 11.4. The molecule has 17 heavy (non-hydrogen) atoms. The van der Waals surface area contributed by atoms with E-state index in [1.54, 1.807) is 0 Å². The van der Waals surface area contributed by atoms with Gasteiger partial charge in [-0.05, 0) is 25.1 Å². The zero-order chi connectivity index (χ0) is 12.4. The van der Waals surface area contributed by atoms with Gasteiger partial charge >= 0.3 is 5.97 Å². The van der Waals surface area contributed by atoms with Crippen LogP contribution in [0.15, 0.2) is 18.2 Å². The lowest BCUT2D eigenvalue weighted by Gasteiger charge is -2.05. The van der Waals surface area contributed by atoms with Crippen molar-refractivity contribution in [3.8, 4) is 0 Å². The first-order valence-corrected chi connectivity index (χ1v) is 5.41. The molecule has 0 saturated heterocycles. The maximum absolute atomic E-state index is 11.1. The van der Waals surface area contributed by atoms with E-state index in [4.69, 9.17) is 5.73 Å². The van der Waals surface area contributed by atoms with Gasteiger partial charge in [0.1, 0.15) is 5.82 Å². The second-order valence-corrected chi connectivity index (χ2v) is 3.88. The number of hydrogen-bond donors (Lipinski definition) is 1. The van der Waals surface area contributed by atoms with Crippen molar-refractivity contribution in [3.05, 3.63) is 24.0 Å². The van der Waals surface area contributed by atoms with Gasteiger partial charge in [0.2, 0.25) is 0 Å². The van der Waals surface area contributed by atoms with E-state index in [-0.39, 0.29) is 5.97 Å². The molecule has 0 amide bonds. The number of methoxy groups -OCH3 is 1. The van der Waals surface area contributed by atoms with Crippen LogP contribution in [0.2, 0.25) is 0 Å². The van der Waals surface area contributed by atoms with Crippen LogP contribution in [0.3, 0.4) is 0 Å². The average molecular weight is 233 g/mol. The summed E-state index contributed by atoms with van der Waals surface area (Å²) < 4.78 is 6.62. The predicted molar refractivity (Wildman–Crippen MR) is 65.5 cm³/mol. The van der Waals surface area contributed by atoms with E-state index >= 15 is 0 Å². The highest BCUT2D eigenvalue weighted by molar-refractivity contribution is 5.80. The molecule has 1 aromatic heterocycles. The van der Waals surface area contributed by atoms with Crippen molar-refractivity contribution in [2.45, 2.75) is 19.9 Å². The quantitative estimate of drug-likeness (QED) is 0.644. The van der Waals surface area contributed by atoms with Gasteiger partial charge in [0.25, 0.3) is 0 Å². The first-order valence-electron chi connectivity index (χ1n) is 5.41. The summed E-state index contributed by atoms with van der Waals surface area (Å²) in [5.41, 5.74) is 8.23. The van der Waals surface area contributed by atoms with E-state index in [1.165, 1.54) is 7.11 Å². The number of aryl methyl sites for hydroxylation is 2. The zero-order valence-corrected chi connectivity index (χ0v) is 9.93. The molecule has 0 radical (unpaired) electrons. The molecule has 0 aliphatic rings. The standard InChI is InChI=1S/C12H15N3O2/c1-8-14-10-7-9(13)3-4-11(10)15(8)6-5-12(16)17-2/h3-4,7H,5-6,13H2,1-2H3. The molecule has 0 atom stereocenters. The van der Waals surface area contributed by atoms with Crippen LogP contribution in [0.1, 0.15) is 12.2 Å². The van der Waals surface area contributed by atoms with Crippen molar-refractivity contribution in [2.75, 3.05) is 12.8 Å². The number of rotatable bonds is 3. The summed E-state index contributed by atoms with van der Waals surface area (Å²) in [7, 11) is 1.39. The largest absolute Gasteiger partial charge is 0.469 e. The first-order chi connectivity index (χ1) is 8.11. The molecule has 2 rings (SSSR count). The normalized spacial score (nSPS) is 10.7. The number of imidazole rings is 1. The molecule has 1 aromatic carbocycles.